The van der Waals surface area contributed by atoms with Gasteiger partial charge in [-0.3, -0.25) is 9.52 Å². The smallest absolute Gasteiger partial charge is 0.250 e. The quantitative estimate of drug-likeness (QED) is 0.289. The monoisotopic (exact) mass is 619 g/mol. The minimum Gasteiger partial charge on any atom is -0.384 e. The van der Waals surface area contributed by atoms with Crippen molar-refractivity contribution in [2.75, 3.05) is 29.5 Å². The minimum atomic E-state index is -3.67. The van der Waals surface area contributed by atoms with E-state index in [0.717, 1.165) is 6.07 Å². The van der Waals surface area contributed by atoms with Gasteiger partial charge in [0.25, 0.3) is 5.91 Å². The standard InChI is InChI=1S/C23H21F3IN3O4S/c1-34-7-8-35(32,33)30-16-4-2-3-13(10-16)9-14-11-17(23(28)31)22(21(26)20(14)25)29-19-6-5-15(27)12-18(19)24/h2-6,10-12,29-30H,7-9H2,1H3,(H2,28,31). The van der Waals surface area contributed by atoms with Crippen LogP contribution < -0.4 is 15.8 Å². The summed E-state index contributed by atoms with van der Waals surface area (Å²) in [5, 5.41) is 2.42. The van der Waals surface area contributed by atoms with Crippen molar-refractivity contribution >= 4 is 55.6 Å². The zero-order chi connectivity index (χ0) is 25.8. The van der Waals surface area contributed by atoms with Crippen molar-refractivity contribution in [2.24, 2.45) is 5.73 Å². The Bertz CT molecular complexity index is 1370. The molecule has 0 spiro atoms. The van der Waals surface area contributed by atoms with Gasteiger partial charge in [0.2, 0.25) is 10.0 Å². The first-order chi connectivity index (χ1) is 16.5. The fourth-order valence-electron chi connectivity index (χ4n) is 3.24. The molecule has 186 valence electrons. The zero-order valence-electron chi connectivity index (χ0n) is 18.4. The highest BCUT2D eigenvalue weighted by atomic mass is 127. The third-order valence-electron chi connectivity index (χ3n) is 4.89. The zero-order valence-corrected chi connectivity index (χ0v) is 21.3. The Labute approximate surface area is 214 Å². The first-order valence-corrected chi connectivity index (χ1v) is 12.8. The molecule has 0 aromatic heterocycles. The molecule has 0 fully saturated rings. The molecule has 0 bridgehead atoms. The van der Waals surface area contributed by atoms with Crippen molar-refractivity contribution in [3.8, 4) is 0 Å². The van der Waals surface area contributed by atoms with Crippen LogP contribution in [0.25, 0.3) is 0 Å². The van der Waals surface area contributed by atoms with Crippen LogP contribution in [0, 0.1) is 21.0 Å². The molecule has 0 radical (unpaired) electrons. The second-order valence-corrected chi connectivity index (χ2v) is 10.6. The number of benzene rings is 3. The molecule has 7 nitrogen and oxygen atoms in total. The molecule has 4 N–H and O–H groups in total. The highest BCUT2D eigenvalue weighted by molar-refractivity contribution is 14.1. The van der Waals surface area contributed by atoms with Crippen LogP contribution in [0.3, 0.4) is 0 Å². The van der Waals surface area contributed by atoms with Crippen LogP contribution in [-0.2, 0) is 21.2 Å². The molecule has 0 unspecified atom stereocenters. The van der Waals surface area contributed by atoms with Gasteiger partial charge in [0.05, 0.1) is 29.3 Å². The van der Waals surface area contributed by atoms with Crippen molar-refractivity contribution in [2.45, 2.75) is 6.42 Å². The van der Waals surface area contributed by atoms with Gasteiger partial charge < -0.3 is 15.8 Å². The molecule has 0 heterocycles. The third-order valence-corrected chi connectivity index (χ3v) is 6.81. The van der Waals surface area contributed by atoms with E-state index < -0.39 is 39.1 Å². The van der Waals surface area contributed by atoms with Crippen molar-refractivity contribution in [1.82, 2.24) is 0 Å². The Morgan fingerprint density at radius 1 is 1.09 bits per heavy atom. The SMILES string of the molecule is COCCS(=O)(=O)Nc1cccc(Cc2cc(C(N)=O)c(Nc3ccc(I)cc3F)c(F)c2F)c1. The van der Waals surface area contributed by atoms with E-state index in [0.29, 0.717) is 9.13 Å². The van der Waals surface area contributed by atoms with Gasteiger partial charge in [0.1, 0.15) is 5.82 Å². The second kappa shape index (κ2) is 11.3. The van der Waals surface area contributed by atoms with E-state index in [-0.39, 0.29) is 41.3 Å². The molecule has 0 aliphatic heterocycles. The van der Waals surface area contributed by atoms with Gasteiger partial charge in [-0.15, -0.1) is 0 Å². The molecule has 0 saturated carbocycles. The molecule has 3 aromatic carbocycles. The maximum atomic E-state index is 15.0. The Morgan fingerprint density at radius 2 is 1.83 bits per heavy atom. The van der Waals surface area contributed by atoms with Crippen molar-refractivity contribution in [1.29, 1.82) is 0 Å². The van der Waals surface area contributed by atoms with E-state index in [4.69, 9.17) is 10.5 Å². The normalized spacial score (nSPS) is 11.3. The first-order valence-electron chi connectivity index (χ1n) is 10.1. The number of rotatable bonds is 10. The van der Waals surface area contributed by atoms with Gasteiger partial charge >= 0.3 is 0 Å². The molecule has 12 heteroatoms. The largest absolute Gasteiger partial charge is 0.384 e. The van der Waals surface area contributed by atoms with E-state index >= 15 is 4.39 Å². The lowest BCUT2D eigenvalue weighted by molar-refractivity contribution is 0.100. The molecular weight excluding hydrogens is 598 g/mol. The van der Waals surface area contributed by atoms with Crippen LogP contribution in [0.5, 0.6) is 0 Å². The van der Waals surface area contributed by atoms with Crippen molar-refractivity contribution in [3.05, 3.63) is 86.2 Å². The lowest BCUT2D eigenvalue weighted by Crippen LogP contribution is -2.19. The summed E-state index contributed by atoms with van der Waals surface area (Å²) in [6.07, 6.45) is -0.172. The number of ether oxygens (including phenoxy) is 1. The van der Waals surface area contributed by atoms with Crippen LogP contribution in [0.4, 0.5) is 30.2 Å². The summed E-state index contributed by atoms with van der Waals surface area (Å²) < 4.78 is 76.2. The highest BCUT2D eigenvalue weighted by Gasteiger charge is 2.23. The Balaban J connectivity index is 1.93. The highest BCUT2D eigenvalue weighted by Crippen LogP contribution is 2.31. The number of nitrogens with two attached hydrogens (primary N) is 1. The van der Waals surface area contributed by atoms with Crippen molar-refractivity contribution in [3.63, 3.8) is 0 Å². The van der Waals surface area contributed by atoms with Crippen LogP contribution in [0.2, 0.25) is 0 Å². The summed E-state index contributed by atoms with van der Waals surface area (Å²) in [7, 11) is -2.29. The number of hydrogen-bond acceptors (Lipinski definition) is 5. The van der Waals surface area contributed by atoms with E-state index in [9.17, 15) is 22.0 Å². The Kier molecular flexibility index (Phi) is 8.61. The Hall–Kier alpha value is -2.84. The van der Waals surface area contributed by atoms with Crippen LogP contribution in [0.15, 0.2) is 48.5 Å². The molecule has 0 aliphatic carbocycles. The van der Waals surface area contributed by atoms with Crippen LogP contribution in [0.1, 0.15) is 21.5 Å². The topological polar surface area (TPSA) is 111 Å². The summed E-state index contributed by atoms with van der Waals surface area (Å²) in [6, 6.07) is 11.2. The summed E-state index contributed by atoms with van der Waals surface area (Å²) in [4.78, 5) is 12.0. The van der Waals surface area contributed by atoms with Gasteiger partial charge in [-0.25, -0.2) is 21.6 Å². The summed E-state index contributed by atoms with van der Waals surface area (Å²) >= 11 is 1.89. The van der Waals surface area contributed by atoms with Crippen LogP contribution in [-0.4, -0.2) is 33.8 Å². The number of sulfonamides is 1. The number of nitrogens with one attached hydrogen (secondary N) is 2. The minimum absolute atomic E-state index is 0.00189. The van der Waals surface area contributed by atoms with Crippen molar-refractivity contribution < 1.29 is 31.1 Å². The molecule has 35 heavy (non-hydrogen) atoms. The van der Waals surface area contributed by atoms with E-state index in [2.05, 4.69) is 10.0 Å². The van der Waals surface area contributed by atoms with Gasteiger partial charge in [0.15, 0.2) is 11.6 Å². The Morgan fingerprint density at radius 3 is 2.49 bits per heavy atom. The lowest BCUT2D eigenvalue weighted by Gasteiger charge is -2.16. The number of anilines is 3. The molecular formula is C23H21F3IN3O4S. The van der Waals surface area contributed by atoms with E-state index in [1.54, 1.807) is 18.2 Å². The fourth-order valence-corrected chi connectivity index (χ4v) is 4.67. The van der Waals surface area contributed by atoms with Gasteiger partial charge in [0, 0.05) is 22.8 Å². The fraction of sp³-hybridized carbons (Fsp3) is 0.174. The van der Waals surface area contributed by atoms with E-state index in [1.807, 2.05) is 22.6 Å². The maximum Gasteiger partial charge on any atom is 0.250 e. The van der Waals surface area contributed by atoms with Gasteiger partial charge in [-0.2, -0.15) is 0 Å². The van der Waals surface area contributed by atoms with E-state index in [1.165, 1.54) is 31.4 Å². The first kappa shape index (κ1) is 26.8. The average molecular weight is 619 g/mol. The summed E-state index contributed by atoms with van der Waals surface area (Å²) in [5.74, 6) is -4.68. The van der Waals surface area contributed by atoms with Gasteiger partial charge in [-0.1, -0.05) is 12.1 Å². The number of amides is 1. The average Bonchev–Trinajstić information content (AvgIpc) is 2.78. The number of primary amides is 1. The number of hydrogen-bond donors (Lipinski definition) is 3. The molecule has 0 atom stereocenters. The predicted molar refractivity (Wildman–Crippen MR) is 136 cm³/mol. The summed E-state index contributed by atoms with van der Waals surface area (Å²) in [5.41, 5.74) is 4.76. The molecule has 0 saturated heterocycles. The molecule has 3 rings (SSSR count). The number of carbonyl (C=O) groups excluding carboxylic acids is 1. The lowest BCUT2D eigenvalue weighted by atomic mass is 9.99. The maximum absolute atomic E-state index is 15.0. The summed E-state index contributed by atoms with van der Waals surface area (Å²) in [6.45, 7) is 0.00189. The molecule has 1 amide bonds. The third kappa shape index (κ3) is 6.86. The van der Waals surface area contributed by atoms with Crippen LogP contribution >= 0.6 is 22.6 Å². The number of carbonyl (C=O) groups is 1. The predicted octanol–water partition coefficient (Wildman–Crippen LogP) is 4.53. The van der Waals surface area contributed by atoms with Gasteiger partial charge in [-0.05, 0) is 70.1 Å². The number of halogens is 4. The molecule has 0 aliphatic rings. The number of methoxy groups -OCH3 is 1. The second-order valence-electron chi connectivity index (χ2n) is 7.49. The molecule has 3 aromatic rings.